The molecule has 1 fully saturated rings. The number of anilines is 1. The maximum absolute atomic E-state index is 12.5. The summed E-state index contributed by atoms with van der Waals surface area (Å²) in [5.74, 6) is 0.0821. The molecule has 0 atom stereocenters. The highest BCUT2D eigenvalue weighted by Gasteiger charge is 2.23. The summed E-state index contributed by atoms with van der Waals surface area (Å²) >= 11 is 0. The first-order valence-electron chi connectivity index (χ1n) is 11.5. The van der Waals surface area contributed by atoms with Crippen LogP contribution in [0.2, 0.25) is 0 Å². The topological polar surface area (TPSA) is 117 Å². The van der Waals surface area contributed by atoms with Gasteiger partial charge >= 0.3 is 0 Å². The first kappa shape index (κ1) is 23.8. The van der Waals surface area contributed by atoms with Gasteiger partial charge in [-0.3, -0.25) is 14.9 Å². The minimum Gasteiger partial charge on any atom is -0.467 e. The minimum atomic E-state index is -0.504. The number of nitrogens with zero attached hydrogens (tertiary/aromatic N) is 4. The average molecular weight is 474 g/mol. The first-order valence-corrected chi connectivity index (χ1v) is 11.5. The summed E-state index contributed by atoms with van der Waals surface area (Å²) in [6.45, 7) is 5.55. The summed E-state index contributed by atoms with van der Waals surface area (Å²) in [5, 5.41) is 24.1. The zero-order valence-electron chi connectivity index (χ0n) is 19.8. The van der Waals surface area contributed by atoms with Crippen molar-refractivity contribution in [3.63, 3.8) is 0 Å². The van der Waals surface area contributed by atoms with Crippen LogP contribution in [0.25, 0.3) is 11.8 Å². The van der Waals surface area contributed by atoms with Crippen molar-refractivity contribution in [3.05, 3.63) is 81.1 Å². The molecule has 0 saturated carbocycles. The van der Waals surface area contributed by atoms with Gasteiger partial charge in [-0.25, -0.2) is 0 Å². The Hall–Kier alpha value is -4.32. The van der Waals surface area contributed by atoms with Crippen molar-refractivity contribution in [2.75, 3.05) is 18.0 Å². The van der Waals surface area contributed by atoms with Crippen LogP contribution in [0.1, 0.15) is 42.0 Å². The highest BCUT2D eigenvalue weighted by Crippen LogP contribution is 2.34. The van der Waals surface area contributed by atoms with Crippen molar-refractivity contribution >= 4 is 23.4 Å². The molecule has 1 aromatic carbocycles. The molecule has 2 aromatic heterocycles. The van der Waals surface area contributed by atoms with E-state index < -0.39 is 5.91 Å². The molecule has 4 rings (SSSR count). The molecule has 35 heavy (non-hydrogen) atoms. The van der Waals surface area contributed by atoms with E-state index in [2.05, 4.69) is 10.2 Å². The quantitative estimate of drug-likeness (QED) is 0.228. The number of nitro groups is 1. The summed E-state index contributed by atoms with van der Waals surface area (Å²) in [6.07, 6.45) is 6.25. The summed E-state index contributed by atoms with van der Waals surface area (Å²) < 4.78 is 7.10. The summed E-state index contributed by atoms with van der Waals surface area (Å²) in [7, 11) is 0. The number of rotatable bonds is 7. The Bertz CT molecular complexity index is 1310. The van der Waals surface area contributed by atoms with Crippen molar-refractivity contribution in [1.29, 1.82) is 5.26 Å². The lowest BCUT2D eigenvalue weighted by atomic mass is 10.1. The SMILES string of the molecule is Cc1cc(C=C(C#N)C(=O)NCc2ccco2)c(C)n1-c1ccc(N2CCCCC2)c([N+](=O)[O-])c1. The number of amides is 1. The van der Waals surface area contributed by atoms with Crippen LogP contribution in [0, 0.1) is 35.3 Å². The number of aryl methyl sites for hydroxylation is 1. The molecule has 3 heterocycles. The van der Waals surface area contributed by atoms with E-state index in [1.807, 2.05) is 42.7 Å². The third kappa shape index (κ3) is 5.11. The van der Waals surface area contributed by atoms with Crippen LogP contribution in [-0.4, -0.2) is 28.5 Å². The third-order valence-electron chi connectivity index (χ3n) is 6.25. The average Bonchev–Trinajstić information content (AvgIpc) is 3.48. The molecule has 9 nitrogen and oxygen atoms in total. The van der Waals surface area contributed by atoms with Gasteiger partial charge in [-0.15, -0.1) is 0 Å². The minimum absolute atomic E-state index is 0.0387. The number of carbonyl (C=O) groups excluding carboxylic acids is 1. The molecule has 9 heteroatoms. The van der Waals surface area contributed by atoms with Gasteiger partial charge in [-0.05, 0) is 75.1 Å². The van der Waals surface area contributed by atoms with E-state index in [1.54, 1.807) is 18.2 Å². The highest BCUT2D eigenvalue weighted by atomic mass is 16.6. The number of furan rings is 1. The summed E-state index contributed by atoms with van der Waals surface area (Å²) in [6, 6.07) is 12.6. The smallest absolute Gasteiger partial charge is 0.294 e. The van der Waals surface area contributed by atoms with Crippen LogP contribution in [0.4, 0.5) is 11.4 Å². The lowest BCUT2D eigenvalue weighted by molar-refractivity contribution is -0.384. The number of hydrogen-bond acceptors (Lipinski definition) is 6. The molecule has 1 saturated heterocycles. The zero-order chi connectivity index (χ0) is 24.9. The molecule has 1 N–H and O–H groups in total. The predicted octanol–water partition coefficient (Wildman–Crippen LogP) is 4.81. The Balaban J connectivity index is 1.63. The molecule has 0 unspecified atom stereocenters. The van der Waals surface area contributed by atoms with E-state index >= 15 is 0 Å². The number of nitrogens with one attached hydrogen (secondary N) is 1. The largest absolute Gasteiger partial charge is 0.467 e. The molecule has 0 spiro atoms. The van der Waals surface area contributed by atoms with E-state index in [-0.39, 0.29) is 22.7 Å². The van der Waals surface area contributed by atoms with Gasteiger partial charge in [-0.1, -0.05) is 0 Å². The second kappa shape index (κ2) is 10.3. The Morgan fingerprint density at radius 1 is 1.23 bits per heavy atom. The number of nitriles is 1. The molecule has 0 aliphatic carbocycles. The fourth-order valence-corrected chi connectivity index (χ4v) is 4.51. The summed E-state index contributed by atoms with van der Waals surface area (Å²) in [4.78, 5) is 26.2. The first-order chi connectivity index (χ1) is 16.9. The second-order valence-electron chi connectivity index (χ2n) is 8.57. The van der Waals surface area contributed by atoms with Crippen LogP contribution >= 0.6 is 0 Å². The van der Waals surface area contributed by atoms with Gasteiger partial charge in [0.25, 0.3) is 11.6 Å². The molecular weight excluding hydrogens is 446 g/mol. The van der Waals surface area contributed by atoms with Crippen LogP contribution in [0.3, 0.4) is 0 Å². The van der Waals surface area contributed by atoms with Gasteiger partial charge in [-0.2, -0.15) is 5.26 Å². The number of benzene rings is 1. The lowest BCUT2D eigenvalue weighted by Crippen LogP contribution is -2.30. The molecule has 1 aliphatic rings. The Labute approximate surface area is 203 Å². The Morgan fingerprint density at radius 3 is 2.66 bits per heavy atom. The fraction of sp³-hybridized carbons (Fsp3) is 0.308. The summed E-state index contributed by atoms with van der Waals surface area (Å²) in [5.41, 5.74) is 3.63. The van der Waals surface area contributed by atoms with Crippen LogP contribution < -0.4 is 10.2 Å². The van der Waals surface area contributed by atoms with Gasteiger partial charge in [0.2, 0.25) is 0 Å². The molecule has 3 aromatic rings. The van der Waals surface area contributed by atoms with Crippen molar-refractivity contribution in [3.8, 4) is 11.8 Å². The Morgan fingerprint density at radius 2 is 2.00 bits per heavy atom. The third-order valence-corrected chi connectivity index (χ3v) is 6.25. The van der Waals surface area contributed by atoms with Crippen LogP contribution in [-0.2, 0) is 11.3 Å². The Kier molecular flexibility index (Phi) is 7.01. The van der Waals surface area contributed by atoms with Gasteiger partial charge in [0.15, 0.2) is 0 Å². The van der Waals surface area contributed by atoms with Gasteiger partial charge in [0.05, 0.1) is 23.4 Å². The molecular formula is C26H27N5O4. The van der Waals surface area contributed by atoms with Crippen molar-refractivity contribution < 1.29 is 14.1 Å². The number of piperidine rings is 1. The van der Waals surface area contributed by atoms with Crippen LogP contribution in [0.15, 0.2) is 52.7 Å². The second-order valence-corrected chi connectivity index (χ2v) is 8.57. The molecule has 1 aliphatic heterocycles. The van der Waals surface area contributed by atoms with E-state index in [9.17, 15) is 20.2 Å². The van der Waals surface area contributed by atoms with E-state index in [4.69, 9.17) is 4.42 Å². The van der Waals surface area contributed by atoms with Gasteiger partial charge in [0.1, 0.15) is 23.1 Å². The molecule has 0 bridgehead atoms. The number of carbonyl (C=O) groups is 1. The van der Waals surface area contributed by atoms with E-state index in [0.29, 0.717) is 22.7 Å². The van der Waals surface area contributed by atoms with E-state index in [1.165, 1.54) is 12.3 Å². The van der Waals surface area contributed by atoms with Crippen LogP contribution in [0.5, 0.6) is 0 Å². The lowest BCUT2D eigenvalue weighted by Gasteiger charge is -2.28. The number of aromatic nitrogens is 1. The fourth-order valence-electron chi connectivity index (χ4n) is 4.51. The molecule has 1 amide bonds. The molecule has 180 valence electrons. The van der Waals surface area contributed by atoms with Crippen molar-refractivity contribution in [2.45, 2.75) is 39.7 Å². The van der Waals surface area contributed by atoms with Crippen molar-refractivity contribution in [2.24, 2.45) is 0 Å². The van der Waals surface area contributed by atoms with Crippen molar-refractivity contribution in [1.82, 2.24) is 9.88 Å². The zero-order valence-corrected chi connectivity index (χ0v) is 19.8. The molecule has 0 radical (unpaired) electrons. The van der Waals surface area contributed by atoms with Gasteiger partial charge < -0.3 is 19.2 Å². The normalized spacial score (nSPS) is 14.0. The maximum Gasteiger partial charge on any atom is 0.294 e. The monoisotopic (exact) mass is 473 g/mol. The number of nitro benzene ring substituents is 1. The number of hydrogen-bond donors (Lipinski definition) is 1. The van der Waals surface area contributed by atoms with E-state index in [0.717, 1.165) is 43.7 Å². The highest BCUT2D eigenvalue weighted by molar-refractivity contribution is 6.01. The maximum atomic E-state index is 12.5. The predicted molar refractivity (Wildman–Crippen MR) is 132 cm³/mol. The standard InChI is InChI=1S/C26H27N5O4/c1-18-13-20(14-21(16-27)26(32)28-17-23-7-6-12-35-23)19(2)30(18)22-8-9-24(25(15-22)31(33)34)29-10-4-3-5-11-29/h6-9,12-15H,3-5,10-11,17H2,1-2H3,(H,28,32). The van der Waals surface area contributed by atoms with Gasteiger partial charge in [0, 0.05) is 30.5 Å².